The van der Waals surface area contributed by atoms with Gasteiger partial charge in [0.25, 0.3) is 5.91 Å². The molecule has 1 unspecified atom stereocenters. The van der Waals surface area contributed by atoms with Gasteiger partial charge in [0.2, 0.25) is 0 Å². The lowest BCUT2D eigenvalue weighted by Gasteiger charge is -2.27. The van der Waals surface area contributed by atoms with E-state index < -0.39 is 11.5 Å². The van der Waals surface area contributed by atoms with Gasteiger partial charge in [-0.25, -0.2) is 4.79 Å². The van der Waals surface area contributed by atoms with Gasteiger partial charge in [-0.2, -0.15) is 0 Å². The van der Waals surface area contributed by atoms with Crippen LogP contribution in [0, 0.1) is 0 Å². The van der Waals surface area contributed by atoms with Crippen LogP contribution in [-0.2, 0) is 9.53 Å². The summed E-state index contributed by atoms with van der Waals surface area (Å²) in [6, 6.07) is 3.19. The van der Waals surface area contributed by atoms with Crippen molar-refractivity contribution in [2.45, 2.75) is 32.2 Å². The fourth-order valence-corrected chi connectivity index (χ4v) is 1.77. The predicted octanol–water partition coefficient (Wildman–Crippen LogP) is 1.54. The van der Waals surface area contributed by atoms with E-state index in [0.717, 1.165) is 6.42 Å². The molecule has 0 saturated carbocycles. The number of ether oxygens (including phenoxy) is 1. The maximum atomic E-state index is 12.0. The molecule has 1 heterocycles. The number of nitrogens with zero attached hydrogens (tertiary/aromatic N) is 1. The number of aromatic nitrogens is 1. The third kappa shape index (κ3) is 3.29. The van der Waals surface area contributed by atoms with Crippen LogP contribution in [0.5, 0.6) is 0 Å². The minimum atomic E-state index is -0.996. The number of rotatable bonds is 5. The molecule has 1 aromatic rings. The van der Waals surface area contributed by atoms with E-state index in [1.165, 1.54) is 19.5 Å². The molecule has 1 aromatic heterocycles. The highest BCUT2D eigenvalue weighted by atomic mass is 16.5. The van der Waals surface area contributed by atoms with E-state index in [2.05, 4.69) is 10.3 Å². The van der Waals surface area contributed by atoms with E-state index in [4.69, 9.17) is 4.74 Å². The molecule has 1 amide bonds. The van der Waals surface area contributed by atoms with Crippen molar-refractivity contribution >= 4 is 11.9 Å². The molecule has 0 fully saturated rings. The molecular weight excluding hydrogens is 232 g/mol. The first-order valence-corrected chi connectivity index (χ1v) is 5.84. The molecule has 0 spiro atoms. The van der Waals surface area contributed by atoms with Crippen LogP contribution in [0.4, 0.5) is 0 Å². The van der Waals surface area contributed by atoms with Gasteiger partial charge in [-0.3, -0.25) is 9.78 Å². The third-order valence-electron chi connectivity index (χ3n) is 2.72. The zero-order valence-electron chi connectivity index (χ0n) is 10.9. The lowest BCUT2D eigenvalue weighted by molar-refractivity contribution is -0.147. The summed E-state index contributed by atoms with van der Waals surface area (Å²) in [5.74, 6) is -0.745. The first kappa shape index (κ1) is 14.2. The van der Waals surface area contributed by atoms with Crippen LogP contribution in [0.25, 0.3) is 0 Å². The SMILES string of the molecule is CCCC(C)(NC(=O)c1ccncc1)C(=O)OC. The summed E-state index contributed by atoms with van der Waals surface area (Å²) >= 11 is 0. The van der Waals surface area contributed by atoms with E-state index in [9.17, 15) is 9.59 Å². The number of hydrogen-bond acceptors (Lipinski definition) is 4. The summed E-state index contributed by atoms with van der Waals surface area (Å²) in [4.78, 5) is 27.6. The van der Waals surface area contributed by atoms with Crippen LogP contribution in [0.3, 0.4) is 0 Å². The van der Waals surface area contributed by atoms with Crippen LogP contribution in [0.15, 0.2) is 24.5 Å². The number of amides is 1. The Morgan fingerprint density at radius 1 is 1.39 bits per heavy atom. The zero-order valence-corrected chi connectivity index (χ0v) is 10.9. The van der Waals surface area contributed by atoms with Crippen molar-refractivity contribution in [2.75, 3.05) is 7.11 Å². The Hall–Kier alpha value is -1.91. The average molecular weight is 250 g/mol. The Morgan fingerprint density at radius 3 is 2.50 bits per heavy atom. The highest BCUT2D eigenvalue weighted by molar-refractivity contribution is 5.97. The quantitative estimate of drug-likeness (QED) is 0.805. The molecule has 1 atom stereocenters. The van der Waals surface area contributed by atoms with Crippen molar-refractivity contribution < 1.29 is 14.3 Å². The maximum Gasteiger partial charge on any atom is 0.331 e. The van der Waals surface area contributed by atoms with E-state index >= 15 is 0 Å². The van der Waals surface area contributed by atoms with Crippen molar-refractivity contribution in [1.29, 1.82) is 0 Å². The summed E-state index contributed by atoms with van der Waals surface area (Å²) in [6.45, 7) is 3.61. The van der Waals surface area contributed by atoms with Gasteiger partial charge >= 0.3 is 5.97 Å². The molecule has 0 aliphatic heterocycles. The number of carbonyl (C=O) groups is 2. The van der Waals surface area contributed by atoms with Crippen LogP contribution in [0.1, 0.15) is 37.0 Å². The lowest BCUT2D eigenvalue weighted by Crippen LogP contribution is -2.52. The summed E-state index contributed by atoms with van der Waals surface area (Å²) in [6.07, 6.45) is 4.35. The predicted molar refractivity (Wildman–Crippen MR) is 67.0 cm³/mol. The van der Waals surface area contributed by atoms with Crippen molar-refractivity contribution in [3.05, 3.63) is 30.1 Å². The van der Waals surface area contributed by atoms with E-state index in [0.29, 0.717) is 12.0 Å². The van der Waals surface area contributed by atoms with E-state index in [1.54, 1.807) is 19.1 Å². The van der Waals surface area contributed by atoms with Crippen LogP contribution in [0.2, 0.25) is 0 Å². The van der Waals surface area contributed by atoms with E-state index in [-0.39, 0.29) is 5.91 Å². The minimum absolute atomic E-state index is 0.307. The highest BCUT2D eigenvalue weighted by Gasteiger charge is 2.35. The van der Waals surface area contributed by atoms with Crippen molar-refractivity contribution in [3.63, 3.8) is 0 Å². The fourth-order valence-electron chi connectivity index (χ4n) is 1.77. The summed E-state index contributed by atoms with van der Waals surface area (Å²) in [5.41, 5.74) is -0.527. The van der Waals surface area contributed by atoms with Crippen molar-refractivity contribution in [2.24, 2.45) is 0 Å². The molecule has 0 aliphatic rings. The molecule has 0 aromatic carbocycles. The second-order valence-corrected chi connectivity index (χ2v) is 4.26. The van der Waals surface area contributed by atoms with Gasteiger partial charge in [0.15, 0.2) is 0 Å². The Balaban J connectivity index is 2.85. The molecule has 5 heteroatoms. The van der Waals surface area contributed by atoms with Crippen LogP contribution in [-0.4, -0.2) is 29.5 Å². The topological polar surface area (TPSA) is 68.3 Å². The molecule has 1 N–H and O–H groups in total. The molecule has 18 heavy (non-hydrogen) atoms. The Bertz CT molecular complexity index is 420. The number of hydrogen-bond donors (Lipinski definition) is 1. The average Bonchev–Trinajstić information content (AvgIpc) is 2.39. The number of methoxy groups -OCH3 is 1. The van der Waals surface area contributed by atoms with Gasteiger partial charge in [-0.05, 0) is 25.5 Å². The van der Waals surface area contributed by atoms with Gasteiger partial charge in [-0.15, -0.1) is 0 Å². The molecule has 1 rings (SSSR count). The van der Waals surface area contributed by atoms with Gasteiger partial charge in [-0.1, -0.05) is 13.3 Å². The second-order valence-electron chi connectivity index (χ2n) is 4.26. The van der Waals surface area contributed by atoms with Gasteiger partial charge in [0, 0.05) is 18.0 Å². The summed E-state index contributed by atoms with van der Waals surface area (Å²) in [5, 5.41) is 2.72. The number of carbonyl (C=O) groups excluding carboxylic acids is 2. The third-order valence-corrected chi connectivity index (χ3v) is 2.72. The smallest absolute Gasteiger partial charge is 0.331 e. The molecular formula is C13H18N2O3. The van der Waals surface area contributed by atoms with Crippen molar-refractivity contribution in [1.82, 2.24) is 10.3 Å². The van der Waals surface area contributed by atoms with Gasteiger partial charge < -0.3 is 10.1 Å². The standard InChI is InChI=1S/C13H18N2O3/c1-4-7-13(2,12(17)18-3)15-11(16)10-5-8-14-9-6-10/h5-6,8-9H,4,7H2,1-3H3,(H,15,16). The normalized spacial score (nSPS) is 13.5. The number of esters is 1. The second kappa shape index (κ2) is 6.14. The molecule has 0 saturated heterocycles. The highest BCUT2D eigenvalue weighted by Crippen LogP contribution is 2.15. The molecule has 5 nitrogen and oxygen atoms in total. The summed E-state index contributed by atoms with van der Waals surface area (Å²) < 4.78 is 4.74. The number of nitrogens with one attached hydrogen (secondary N) is 1. The molecule has 0 radical (unpaired) electrons. The Kier molecular flexibility index (Phi) is 4.83. The largest absolute Gasteiger partial charge is 0.467 e. The monoisotopic (exact) mass is 250 g/mol. The lowest BCUT2D eigenvalue weighted by atomic mass is 9.95. The molecule has 0 bridgehead atoms. The fraction of sp³-hybridized carbons (Fsp3) is 0.462. The molecule has 98 valence electrons. The van der Waals surface area contributed by atoms with Crippen LogP contribution >= 0.6 is 0 Å². The Morgan fingerprint density at radius 2 is 2.00 bits per heavy atom. The first-order chi connectivity index (χ1) is 8.53. The van der Waals surface area contributed by atoms with Gasteiger partial charge in [0.1, 0.15) is 5.54 Å². The zero-order chi connectivity index (χ0) is 13.6. The molecule has 0 aliphatic carbocycles. The van der Waals surface area contributed by atoms with Gasteiger partial charge in [0.05, 0.1) is 7.11 Å². The summed E-state index contributed by atoms with van der Waals surface area (Å²) in [7, 11) is 1.31. The van der Waals surface area contributed by atoms with Crippen molar-refractivity contribution in [3.8, 4) is 0 Å². The maximum absolute atomic E-state index is 12.0. The van der Waals surface area contributed by atoms with Crippen LogP contribution < -0.4 is 5.32 Å². The Labute approximate surface area is 107 Å². The minimum Gasteiger partial charge on any atom is -0.467 e. The van der Waals surface area contributed by atoms with E-state index in [1.807, 2.05) is 6.92 Å². The first-order valence-electron chi connectivity index (χ1n) is 5.84. The number of pyridine rings is 1.